The zero-order valence-corrected chi connectivity index (χ0v) is 12.6. The third-order valence-corrected chi connectivity index (χ3v) is 3.45. The number of amides is 1. The standard InChI is InChI=1S/C18H14FN3O2/c19-15-4-1-13(2-5-15)11-22-12-14(3-6-17(22)23)18(24)21-16-7-9-20-10-8-16/h1-10,12H,11H2,(H,20,21,24). The van der Waals surface area contributed by atoms with E-state index in [-0.39, 0.29) is 23.8 Å². The van der Waals surface area contributed by atoms with Gasteiger partial charge in [-0.3, -0.25) is 14.6 Å². The van der Waals surface area contributed by atoms with E-state index in [1.54, 1.807) is 36.7 Å². The van der Waals surface area contributed by atoms with Gasteiger partial charge < -0.3 is 9.88 Å². The van der Waals surface area contributed by atoms with Crippen molar-refractivity contribution in [2.45, 2.75) is 6.54 Å². The summed E-state index contributed by atoms with van der Waals surface area (Å²) in [7, 11) is 0. The van der Waals surface area contributed by atoms with Crippen molar-refractivity contribution < 1.29 is 9.18 Å². The molecule has 3 rings (SSSR count). The molecule has 0 radical (unpaired) electrons. The summed E-state index contributed by atoms with van der Waals surface area (Å²) in [6.45, 7) is 0.259. The Morgan fingerprint density at radius 3 is 2.46 bits per heavy atom. The van der Waals surface area contributed by atoms with Gasteiger partial charge in [-0.25, -0.2) is 4.39 Å². The monoisotopic (exact) mass is 323 g/mol. The smallest absolute Gasteiger partial charge is 0.257 e. The minimum absolute atomic E-state index is 0.236. The lowest BCUT2D eigenvalue weighted by Crippen LogP contribution is -2.22. The highest BCUT2D eigenvalue weighted by Gasteiger charge is 2.08. The normalized spacial score (nSPS) is 10.4. The van der Waals surface area contributed by atoms with Gasteiger partial charge in [0, 0.05) is 30.3 Å². The van der Waals surface area contributed by atoms with Crippen LogP contribution in [-0.2, 0) is 6.54 Å². The molecule has 120 valence electrons. The van der Waals surface area contributed by atoms with Gasteiger partial charge in [-0.15, -0.1) is 0 Å². The first-order chi connectivity index (χ1) is 11.6. The van der Waals surface area contributed by atoms with E-state index in [4.69, 9.17) is 0 Å². The molecule has 5 nitrogen and oxygen atoms in total. The lowest BCUT2D eigenvalue weighted by Gasteiger charge is -2.09. The summed E-state index contributed by atoms with van der Waals surface area (Å²) in [6, 6.07) is 12.0. The SMILES string of the molecule is O=C(Nc1ccncc1)c1ccc(=O)n(Cc2ccc(F)cc2)c1. The second-order valence-electron chi connectivity index (χ2n) is 5.20. The minimum atomic E-state index is -0.337. The van der Waals surface area contributed by atoms with E-state index in [0.717, 1.165) is 5.56 Å². The molecule has 1 N–H and O–H groups in total. The molecule has 0 unspecified atom stereocenters. The number of carbonyl (C=O) groups is 1. The third kappa shape index (κ3) is 3.73. The molecule has 2 heterocycles. The van der Waals surface area contributed by atoms with Crippen LogP contribution in [0.2, 0.25) is 0 Å². The number of aromatic nitrogens is 2. The van der Waals surface area contributed by atoms with E-state index in [1.807, 2.05) is 0 Å². The molecule has 3 aromatic rings. The molecular weight excluding hydrogens is 309 g/mol. The first kappa shape index (κ1) is 15.6. The summed E-state index contributed by atoms with van der Waals surface area (Å²) >= 11 is 0. The van der Waals surface area contributed by atoms with Crippen molar-refractivity contribution in [2.75, 3.05) is 5.32 Å². The highest BCUT2D eigenvalue weighted by molar-refractivity contribution is 6.03. The Balaban J connectivity index is 1.81. The van der Waals surface area contributed by atoms with Gasteiger partial charge in [0.15, 0.2) is 0 Å². The highest BCUT2D eigenvalue weighted by atomic mass is 19.1. The Morgan fingerprint density at radius 1 is 1.04 bits per heavy atom. The zero-order chi connectivity index (χ0) is 16.9. The Kier molecular flexibility index (Phi) is 4.47. The van der Waals surface area contributed by atoms with Crippen molar-refractivity contribution in [3.63, 3.8) is 0 Å². The Bertz CT molecular complexity index is 906. The molecule has 0 spiro atoms. The van der Waals surface area contributed by atoms with E-state index >= 15 is 0 Å². The predicted molar refractivity (Wildman–Crippen MR) is 88.4 cm³/mol. The summed E-state index contributed by atoms with van der Waals surface area (Å²) < 4.78 is 14.4. The molecule has 0 fully saturated rings. The topological polar surface area (TPSA) is 64.0 Å². The van der Waals surface area contributed by atoms with Crippen LogP contribution in [-0.4, -0.2) is 15.5 Å². The maximum Gasteiger partial charge on any atom is 0.257 e. The molecule has 0 bridgehead atoms. The van der Waals surface area contributed by atoms with Crippen LogP contribution in [0.3, 0.4) is 0 Å². The minimum Gasteiger partial charge on any atom is -0.322 e. The van der Waals surface area contributed by atoms with Crippen LogP contribution < -0.4 is 10.9 Å². The number of anilines is 1. The quantitative estimate of drug-likeness (QED) is 0.803. The molecule has 6 heteroatoms. The number of halogens is 1. The van der Waals surface area contributed by atoms with Crippen LogP contribution in [0.25, 0.3) is 0 Å². The lowest BCUT2D eigenvalue weighted by atomic mass is 10.2. The number of carbonyl (C=O) groups excluding carboxylic acids is 1. The van der Waals surface area contributed by atoms with Crippen molar-refractivity contribution in [1.29, 1.82) is 0 Å². The van der Waals surface area contributed by atoms with Crippen molar-refractivity contribution >= 4 is 11.6 Å². The lowest BCUT2D eigenvalue weighted by molar-refractivity contribution is 0.102. The first-order valence-electron chi connectivity index (χ1n) is 7.28. The fraction of sp³-hybridized carbons (Fsp3) is 0.0556. The molecule has 0 aliphatic carbocycles. The molecule has 0 aliphatic heterocycles. The van der Waals surface area contributed by atoms with E-state index in [0.29, 0.717) is 11.3 Å². The van der Waals surface area contributed by atoms with Gasteiger partial charge in [0.05, 0.1) is 12.1 Å². The van der Waals surface area contributed by atoms with Crippen molar-refractivity contribution in [2.24, 2.45) is 0 Å². The average molecular weight is 323 g/mol. The third-order valence-electron chi connectivity index (χ3n) is 3.45. The Morgan fingerprint density at radius 2 is 1.75 bits per heavy atom. The summed E-state index contributed by atoms with van der Waals surface area (Å²) in [5.74, 6) is -0.661. The molecule has 24 heavy (non-hydrogen) atoms. The van der Waals surface area contributed by atoms with E-state index in [1.165, 1.54) is 35.0 Å². The van der Waals surface area contributed by atoms with Crippen LogP contribution in [0.1, 0.15) is 15.9 Å². The largest absolute Gasteiger partial charge is 0.322 e. The van der Waals surface area contributed by atoms with Gasteiger partial charge in [-0.05, 0) is 35.9 Å². The number of pyridine rings is 2. The molecule has 0 saturated carbocycles. The van der Waals surface area contributed by atoms with Gasteiger partial charge in [0.1, 0.15) is 5.82 Å². The number of nitrogens with zero attached hydrogens (tertiary/aromatic N) is 2. The number of benzene rings is 1. The van der Waals surface area contributed by atoms with E-state index in [2.05, 4.69) is 10.3 Å². The molecule has 0 atom stereocenters. The van der Waals surface area contributed by atoms with Gasteiger partial charge in [0.25, 0.3) is 11.5 Å². The van der Waals surface area contributed by atoms with E-state index in [9.17, 15) is 14.0 Å². The average Bonchev–Trinajstić information content (AvgIpc) is 2.59. The highest BCUT2D eigenvalue weighted by Crippen LogP contribution is 2.08. The number of hydrogen-bond acceptors (Lipinski definition) is 3. The second kappa shape index (κ2) is 6.87. The maximum absolute atomic E-state index is 13.0. The van der Waals surface area contributed by atoms with Crippen LogP contribution in [0, 0.1) is 5.82 Å². The van der Waals surface area contributed by atoms with Crippen LogP contribution in [0.15, 0.2) is 71.9 Å². The number of hydrogen-bond donors (Lipinski definition) is 1. The second-order valence-corrected chi connectivity index (χ2v) is 5.20. The summed E-state index contributed by atoms with van der Waals surface area (Å²) in [6.07, 6.45) is 4.64. The van der Waals surface area contributed by atoms with Crippen molar-refractivity contribution in [1.82, 2.24) is 9.55 Å². The van der Waals surface area contributed by atoms with E-state index < -0.39 is 0 Å². The Labute approximate surface area is 137 Å². The molecule has 1 amide bonds. The molecule has 0 aliphatic rings. The van der Waals surface area contributed by atoms with Crippen LogP contribution in [0.4, 0.5) is 10.1 Å². The summed E-state index contributed by atoms with van der Waals surface area (Å²) in [5, 5.41) is 2.73. The van der Waals surface area contributed by atoms with Gasteiger partial charge >= 0.3 is 0 Å². The van der Waals surface area contributed by atoms with Crippen LogP contribution in [0.5, 0.6) is 0 Å². The number of rotatable bonds is 4. The molecule has 1 aromatic carbocycles. The van der Waals surface area contributed by atoms with Crippen molar-refractivity contribution in [3.8, 4) is 0 Å². The summed E-state index contributed by atoms with van der Waals surface area (Å²) in [5.41, 5.74) is 1.50. The van der Waals surface area contributed by atoms with Gasteiger partial charge in [-0.1, -0.05) is 12.1 Å². The number of nitrogens with one attached hydrogen (secondary N) is 1. The fourth-order valence-electron chi connectivity index (χ4n) is 2.21. The Hall–Kier alpha value is -3.28. The summed E-state index contributed by atoms with van der Waals surface area (Å²) in [4.78, 5) is 28.1. The first-order valence-corrected chi connectivity index (χ1v) is 7.28. The zero-order valence-electron chi connectivity index (χ0n) is 12.6. The molecule has 2 aromatic heterocycles. The molecule has 0 saturated heterocycles. The van der Waals surface area contributed by atoms with Crippen LogP contribution >= 0.6 is 0 Å². The maximum atomic E-state index is 13.0. The predicted octanol–water partition coefficient (Wildman–Crippen LogP) is 2.68. The van der Waals surface area contributed by atoms with Gasteiger partial charge in [-0.2, -0.15) is 0 Å². The molecular formula is C18H14FN3O2. The fourth-order valence-corrected chi connectivity index (χ4v) is 2.21. The van der Waals surface area contributed by atoms with Gasteiger partial charge in [0.2, 0.25) is 0 Å². The van der Waals surface area contributed by atoms with Crippen molar-refractivity contribution in [3.05, 3.63) is 94.4 Å².